The van der Waals surface area contributed by atoms with Crippen LogP contribution in [0.3, 0.4) is 0 Å². The average molecular weight is 254 g/mol. The highest BCUT2D eigenvalue weighted by atomic mass is 32.2. The maximum absolute atomic E-state index is 11.2. The molecule has 1 aliphatic rings. The molecule has 17 heavy (non-hydrogen) atoms. The van der Waals surface area contributed by atoms with Crippen molar-refractivity contribution >= 4 is 11.8 Å². The van der Waals surface area contributed by atoms with Crippen LogP contribution < -0.4 is 5.56 Å². The van der Waals surface area contributed by atoms with Gasteiger partial charge < -0.3 is 9.67 Å². The summed E-state index contributed by atoms with van der Waals surface area (Å²) in [5.74, 6) is 0.961. The standard InChI is InChI=1S/C12H18N2O2S/c15-8-2-1-3-9-17-12-13-11(16)6-7-14(12)10-4-5-10/h6-7,10,15H,1-5,8-9H2. The number of unbranched alkanes of at least 4 members (excludes halogenated alkanes) is 2. The molecule has 0 unspecified atom stereocenters. The highest BCUT2D eigenvalue weighted by molar-refractivity contribution is 7.99. The van der Waals surface area contributed by atoms with Crippen LogP contribution in [0.4, 0.5) is 0 Å². The Balaban J connectivity index is 1.89. The van der Waals surface area contributed by atoms with Gasteiger partial charge in [-0.15, -0.1) is 0 Å². The monoisotopic (exact) mass is 254 g/mol. The van der Waals surface area contributed by atoms with Gasteiger partial charge >= 0.3 is 0 Å². The molecule has 0 amide bonds. The van der Waals surface area contributed by atoms with E-state index in [4.69, 9.17) is 5.11 Å². The lowest BCUT2D eigenvalue weighted by Gasteiger charge is -2.09. The lowest BCUT2D eigenvalue weighted by Crippen LogP contribution is -2.12. The first-order chi connectivity index (χ1) is 8.31. The largest absolute Gasteiger partial charge is 0.396 e. The molecule has 1 aromatic rings. The Bertz CT molecular complexity index is 415. The van der Waals surface area contributed by atoms with E-state index in [2.05, 4.69) is 9.55 Å². The molecular weight excluding hydrogens is 236 g/mol. The van der Waals surface area contributed by atoms with Gasteiger partial charge in [-0.05, 0) is 25.7 Å². The van der Waals surface area contributed by atoms with Gasteiger partial charge in [-0.25, -0.2) is 0 Å². The third-order valence-electron chi connectivity index (χ3n) is 2.78. The van der Waals surface area contributed by atoms with E-state index in [1.54, 1.807) is 11.8 Å². The molecular formula is C12H18N2O2S. The SMILES string of the molecule is O=c1ccn(C2CC2)c(SCCCCCO)n1. The summed E-state index contributed by atoms with van der Waals surface area (Å²) in [5.41, 5.74) is -0.153. The Kier molecular flexibility index (Phi) is 4.62. The maximum Gasteiger partial charge on any atom is 0.273 e. The fraction of sp³-hybridized carbons (Fsp3) is 0.667. The van der Waals surface area contributed by atoms with Crippen molar-refractivity contribution in [2.24, 2.45) is 0 Å². The number of aromatic nitrogens is 2. The van der Waals surface area contributed by atoms with E-state index in [0.717, 1.165) is 30.2 Å². The zero-order valence-electron chi connectivity index (χ0n) is 9.84. The van der Waals surface area contributed by atoms with Crippen molar-refractivity contribution in [2.75, 3.05) is 12.4 Å². The molecule has 1 heterocycles. The molecule has 0 aliphatic heterocycles. The van der Waals surface area contributed by atoms with E-state index >= 15 is 0 Å². The molecule has 0 atom stereocenters. The van der Waals surface area contributed by atoms with E-state index in [1.165, 1.54) is 18.9 Å². The van der Waals surface area contributed by atoms with E-state index in [0.29, 0.717) is 6.04 Å². The summed E-state index contributed by atoms with van der Waals surface area (Å²) in [7, 11) is 0. The number of hydrogen-bond acceptors (Lipinski definition) is 4. The van der Waals surface area contributed by atoms with E-state index < -0.39 is 0 Å². The van der Waals surface area contributed by atoms with Crippen LogP contribution in [0.2, 0.25) is 0 Å². The second kappa shape index (κ2) is 6.21. The minimum atomic E-state index is -0.153. The van der Waals surface area contributed by atoms with Crippen LogP contribution >= 0.6 is 11.8 Å². The van der Waals surface area contributed by atoms with Crippen LogP contribution in [0.1, 0.15) is 38.1 Å². The third kappa shape index (κ3) is 3.85. The van der Waals surface area contributed by atoms with E-state index in [-0.39, 0.29) is 12.2 Å². The molecule has 1 N–H and O–H groups in total. The fourth-order valence-electron chi connectivity index (χ4n) is 1.69. The molecule has 94 valence electrons. The smallest absolute Gasteiger partial charge is 0.273 e. The molecule has 5 heteroatoms. The Labute approximate surface area is 105 Å². The molecule has 1 fully saturated rings. The van der Waals surface area contributed by atoms with Crippen molar-refractivity contribution in [3.8, 4) is 0 Å². The minimum Gasteiger partial charge on any atom is -0.396 e. The average Bonchev–Trinajstić information content (AvgIpc) is 3.13. The first kappa shape index (κ1) is 12.6. The lowest BCUT2D eigenvalue weighted by molar-refractivity contribution is 0.284. The Morgan fingerprint density at radius 1 is 1.41 bits per heavy atom. The van der Waals surface area contributed by atoms with Crippen molar-refractivity contribution < 1.29 is 5.11 Å². The maximum atomic E-state index is 11.2. The highest BCUT2D eigenvalue weighted by Crippen LogP contribution is 2.37. The van der Waals surface area contributed by atoms with Crippen molar-refractivity contribution in [1.29, 1.82) is 0 Å². The molecule has 0 bridgehead atoms. The predicted molar refractivity (Wildman–Crippen MR) is 68.4 cm³/mol. The van der Waals surface area contributed by atoms with Gasteiger partial charge in [0.1, 0.15) is 0 Å². The van der Waals surface area contributed by atoms with Crippen LogP contribution in [0, 0.1) is 0 Å². The second-order valence-electron chi connectivity index (χ2n) is 4.32. The summed E-state index contributed by atoms with van der Waals surface area (Å²) in [6, 6.07) is 2.09. The number of thioether (sulfide) groups is 1. The number of nitrogens with zero attached hydrogens (tertiary/aromatic N) is 2. The van der Waals surface area contributed by atoms with Crippen molar-refractivity contribution in [3.05, 3.63) is 22.6 Å². The lowest BCUT2D eigenvalue weighted by atomic mass is 10.3. The van der Waals surface area contributed by atoms with Gasteiger partial charge in [0.15, 0.2) is 5.16 Å². The van der Waals surface area contributed by atoms with Gasteiger partial charge in [-0.2, -0.15) is 4.98 Å². The summed E-state index contributed by atoms with van der Waals surface area (Å²) in [4.78, 5) is 15.3. The number of aliphatic hydroxyl groups excluding tert-OH is 1. The topological polar surface area (TPSA) is 55.1 Å². The molecule has 0 spiro atoms. The van der Waals surface area contributed by atoms with Gasteiger partial charge in [-0.1, -0.05) is 18.2 Å². The van der Waals surface area contributed by atoms with Crippen molar-refractivity contribution in [2.45, 2.75) is 43.3 Å². The normalized spacial score (nSPS) is 15.1. The van der Waals surface area contributed by atoms with Gasteiger partial charge in [0.05, 0.1) is 0 Å². The highest BCUT2D eigenvalue weighted by Gasteiger charge is 2.25. The predicted octanol–water partition coefficient (Wildman–Crippen LogP) is 1.83. The Hall–Kier alpha value is -0.810. The zero-order valence-corrected chi connectivity index (χ0v) is 10.7. The molecule has 1 aliphatic carbocycles. The van der Waals surface area contributed by atoms with Crippen LogP contribution in [-0.4, -0.2) is 27.0 Å². The van der Waals surface area contributed by atoms with Crippen LogP contribution in [-0.2, 0) is 0 Å². The van der Waals surface area contributed by atoms with Crippen molar-refractivity contribution in [3.63, 3.8) is 0 Å². The van der Waals surface area contributed by atoms with Crippen LogP contribution in [0.25, 0.3) is 0 Å². The summed E-state index contributed by atoms with van der Waals surface area (Å²) in [6.07, 6.45) is 7.21. The Morgan fingerprint density at radius 3 is 2.94 bits per heavy atom. The quantitative estimate of drug-likeness (QED) is 0.458. The first-order valence-electron chi connectivity index (χ1n) is 6.14. The third-order valence-corrected chi connectivity index (χ3v) is 3.83. The molecule has 1 aromatic heterocycles. The van der Waals surface area contributed by atoms with Gasteiger partial charge in [0.2, 0.25) is 0 Å². The minimum absolute atomic E-state index is 0.153. The summed E-state index contributed by atoms with van der Waals surface area (Å²) in [6.45, 7) is 0.265. The van der Waals surface area contributed by atoms with Gasteiger partial charge in [0, 0.05) is 30.7 Å². The molecule has 0 aromatic carbocycles. The van der Waals surface area contributed by atoms with E-state index in [1.807, 2.05) is 6.20 Å². The van der Waals surface area contributed by atoms with E-state index in [9.17, 15) is 4.79 Å². The molecule has 0 radical (unpaired) electrons. The molecule has 2 rings (SSSR count). The number of rotatable bonds is 7. The summed E-state index contributed by atoms with van der Waals surface area (Å²) >= 11 is 1.65. The zero-order chi connectivity index (χ0) is 12.1. The Morgan fingerprint density at radius 2 is 2.24 bits per heavy atom. The first-order valence-corrected chi connectivity index (χ1v) is 7.12. The van der Waals surface area contributed by atoms with Crippen LogP contribution in [0.5, 0.6) is 0 Å². The summed E-state index contributed by atoms with van der Waals surface area (Å²) < 4.78 is 2.12. The number of hydrogen-bond donors (Lipinski definition) is 1. The molecule has 0 saturated heterocycles. The molecule has 1 saturated carbocycles. The number of aliphatic hydroxyl groups is 1. The van der Waals surface area contributed by atoms with Crippen LogP contribution in [0.15, 0.2) is 22.2 Å². The van der Waals surface area contributed by atoms with Crippen molar-refractivity contribution in [1.82, 2.24) is 9.55 Å². The van der Waals surface area contributed by atoms with Gasteiger partial charge in [0.25, 0.3) is 5.56 Å². The summed E-state index contributed by atoms with van der Waals surface area (Å²) in [5, 5.41) is 9.53. The van der Waals surface area contributed by atoms with Gasteiger partial charge in [-0.3, -0.25) is 4.79 Å². The molecule has 4 nitrogen and oxygen atoms in total. The fourth-order valence-corrected chi connectivity index (χ4v) is 2.73. The second-order valence-corrected chi connectivity index (χ2v) is 5.38.